The maximum Gasteiger partial charge on any atom is 0.387 e. The van der Waals surface area contributed by atoms with E-state index in [-0.39, 0.29) is 0 Å². The Morgan fingerprint density at radius 3 is 1.69 bits per heavy atom. The highest BCUT2D eigenvalue weighted by atomic mass is 16.4. The Bertz CT molecular complexity index is 2940. The molecule has 0 saturated carbocycles. The molecule has 7 aromatic carbocycles. The first-order valence-corrected chi connectivity index (χ1v) is 17.4. The van der Waals surface area contributed by atoms with E-state index in [1.54, 1.807) is 0 Å². The standard InChI is InChI=1S/C46H28N5O/c1-4-15-29(16-5-1)43-47-44(30-17-6-2-7-18-30)49-45(48-43)34-22-11-13-25-36(34)50-37-26-14-23-33-32-21-10-12-24-35(32)51-42-39(28-27-38(50)41(42)40(33)37)52-46(51)31-19-8-3-9-20-31/h1-28H/q+1. The van der Waals surface area contributed by atoms with Gasteiger partial charge in [0.15, 0.2) is 17.5 Å². The van der Waals surface area contributed by atoms with E-state index in [2.05, 4.69) is 112 Å². The zero-order chi connectivity index (χ0) is 34.2. The molecule has 0 unspecified atom stereocenters. The van der Waals surface area contributed by atoms with Gasteiger partial charge in [-0.05, 0) is 54.1 Å². The fourth-order valence-electron chi connectivity index (χ4n) is 7.83. The summed E-state index contributed by atoms with van der Waals surface area (Å²) in [5.74, 6) is 2.67. The Kier molecular flexibility index (Phi) is 6.15. The summed E-state index contributed by atoms with van der Waals surface area (Å²) >= 11 is 0. The van der Waals surface area contributed by atoms with Crippen LogP contribution in [0.1, 0.15) is 0 Å². The molecule has 0 atom stereocenters. The highest BCUT2D eigenvalue weighted by Crippen LogP contribution is 2.46. The summed E-state index contributed by atoms with van der Waals surface area (Å²) in [6.07, 6.45) is 0. The van der Waals surface area contributed by atoms with Crippen LogP contribution in [-0.2, 0) is 0 Å². The van der Waals surface area contributed by atoms with E-state index in [1.807, 2.05) is 66.7 Å². The largest absolute Gasteiger partial charge is 0.397 e. The summed E-state index contributed by atoms with van der Waals surface area (Å²) in [6, 6.07) is 58.6. The van der Waals surface area contributed by atoms with Crippen molar-refractivity contribution in [2.75, 3.05) is 0 Å². The van der Waals surface area contributed by atoms with E-state index in [9.17, 15) is 0 Å². The average Bonchev–Trinajstić information content (AvgIpc) is 3.74. The number of rotatable bonds is 5. The third kappa shape index (κ3) is 4.18. The lowest BCUT2D eigenvalue weighted by molar-refractivity contribution is -0.558. The quantitative estimate of drug-likeness (QED) is 0.172. The molecule has 52 heavy (non-hydrogen) atoms. The van der Waals surface area contributed by atoms with E-state index in [0.29, 0.717) is 17.5 Å². The van der Waals surface area contributed by atoms with Crippen LogP contribution in [0.5, 0.6) is 0 Å². The average molecular weight is 667 g/mol. The normalized spacial score (nSPS) is 11.8. The first-order chi connectivity index (χ1) is 25.8. The first kappa shape index (κ1) is 28.6. The Morgan fingerprint density at radius 1 is 0.423 bits per heavy atom. The summed E-state index contributed by atoms with van der Waals surface area (Å²) in [5, 5.41) is 2.33. The molecule has 1 aliphatic rings. The number of fused-ring (bicyclic) bond motifs is 3. The van der Waals surface area contributed by atoms with Crippen LogP contribution in [-0.4, -0.2) is 19.5 Å². The fourth-order valence-corrected chi connectivity index (χ4v) is 7.83. The van der Waals surface area contributed by atoms with Gasteiger partial charge >= 0.3 is 5.89 Å². The third-order valence-electron chi connectivity index (χ3n) is 10.1. The predicted octanol–water partition coefficient (Wildman–Crippen LogP) is 10.6. The molecule has 0 saturated heterocycles. The number of aromatic nitrogens is 5. The number of hydrogen-bond donors (Lipinski definition) is 0. The van der Waals surface area contributed by atoms with Crippen molar-refractivity contribution < 1.29 is 8.98 Å². The van der Waals surface area contributed by atoms with Gasteiger partial charge < -0.3 is 8.98 Å². The molecule has 1 aliphatic heterocycles. The first-order valence-electron chi connectivity index (χ1n) is 17.4. The van der Waals surface area contributed by atoms with Crippen molar-refractivity contribution in [3.8, 4) is 68.1 Å². The van der Waals surface area contributed by atoms with Crippen molar-refractivity contribution in [3.05, 3.63) is 170 Å². The van der Waals surface area contributed by atoms with Gasteiger partial charge in [-0.25, -0.2) is 15.0 Å². The molecule has 6 heteroatoms. The van der Waals surface area contributed by atoms with Gasteiger partial charge in [-0.1, -0.05) is 115 Å². The maximum atomic E-state index is 6.76. The molecule has 0 amide bonds. The van der Waals surface area contributed by atoms with Crippen LogP contribution >= 0.6 is 0 Å². The zero-order valence-electron chi connectivity index (χ0n) is 27.8. The molecule has 0 bridgehead atoms. The second kappa shape index (κ2) is 11.2. The van der Waals surface area contributed by atoms with Gasteiger partial charge in [0.1, 0.15) is 0 Å². The van der Waals surface area contributed by atoms with Gasteiger partial charge in [-0.3, -0.25) is 0 Å². The third-order valence-corrected chi connectivity index (χ3v) is 10.1. The summed E-state index contributed by atoms with van der Waals surface area (Å²) in [5.41, 5.74) is 12.3. The summed E-state index contributed by atoms with van der Waals surface area (Å²) in [7, 11) is 0. The molecule has 11 rings (SSSR count). The minimum absolute atomic E-state index is 0.609. The molecular formula is C46H28N5O+. The van der Waals surface area contributed by atoms with Gasteiger partial charge in [-0.15, -0.1) is 4.57 Å². The fraction of sp³-hybridized carbons (Fsp3) is 0. The molecule has 3 aromatic heterocycles. The number of hydrogen-bond acceptors (Lipinski definition) is 4. The molecule has 0 spiro atoms. The Morgan fingerprint density at radius 2 is 0.981 bits per heavy atom. The van der Waals surface area contributed by atoms with Gasteiger partial charge in [-0.2, -0.15) is 0 Å². The van der Waals surface area contributed by atoms with Crippen LogP contribution < -0.4 is 4.57 Å². The second-order valence-corrected chi connectivity index (χ2v) is 13.0. The Labute approximate surface area is 298 Å². The van der Waals surface area contributed by atoms with Crippen molar-refractivity contribution in [2.24, 2.45) is 0 Å². The Hall–Kier alpha value is -7.18. The van der Waals surface area contributed by atoms with Gasteiger partial charge in [0.2, 0.25) is 11.3 Å². The minimum Gasteiger partial charge on any atom is -0.397 e. The van der Waals surface area contributed by atoms with Crippen LogP contribution in [0.3, 0.4) is 0 Å². The highest BCUT2D eigenvalue weighted by Gasteiger charge is 2.36. The smallest absolute Gasteiger partial charge is 0.387 e. The van der Waals surface area contributed by atoms with E-state index in [4.69, 9.17) is 19.4 Å². The van der Waals surface area contributed by atoms with Crippen molar-refractivity contribution in [3.63, 3.8) is 0 Å². The summed E-state index contributed by atoms with van der Waals surface area (Å²) < 4.78 is 11.4. The lowest BCUT2D eigenvalue weighted by Crippen LogP contribution is -2.32. The molecule has 242 valence electrons. The van der Waals surface area contributed by atoms with Crippen molar-refractivity contribution >= 4 is 32.9 Å². The van der Waals surface area contributed by atoms with Crippen LogP contribution in [0.2, 0.25) is 0 Å². The van der Waals surface area contributed by atoms with Gasteiger partial charge in [0, 0.05) is 28.1 Å². The van der Waals surface area contributed by atoms with Crippen molar-refractivity contribution in [1.29, 1.82) is 0 Å². The second-order valence-electron chi connectivity index (χ2n) is 13.0. The topological polar surface area (TPSA) is 60.6 Å². The monoisotopic (exact) mass is 666 g/mol. The van der Waals surface area contributed by atoms with E-state index < -0.39 is 0 Å². The SMILES string of the molecule is c1ccc(-c2nc(-c3ccccc3)nc(-c3ccccc3-n3c4cccc5c4c4c3ccc3oc(-c6ccccc6)[n+](c34)-c3ccccc3-5)n2)cc1. The molecular weight excluding hydrogens is 639 g/mol. The number of para-hydroxylation sites is 2. The highest BCUT2D eigenvalue weighted by molar-refractivity contribution is 6.24. The lowest BCUT2D eigenvalue weighted by atomic mass is 9.99. The van der Waals surface area contributed by atoms with Crippen LogP contribution in [0.4, 0.5) is 0 Å². The lowest BCUT2D eigenvalue weighted by Gasteiger charge is -2.15. The zero-order valence-corrected chi connectivity index (χ0v) is 27.8. The number of oxazole rings is 1. The van der Waals surface area contributed by atoms with Gasteiger partial charge in [0.25, 0.3) is 5.52 Å². The van der Waals surface area contributed by atoms with Crippen molar-refractivity contribution in [2.45, 2.75) is 0 Å². The number of nitrogens with zero attached hydrogens (tertiary/aromatic N) is 5. The maximum absolute atomic E-state index is 6.76. The van der Waals surface area contributed by atoms with Crippen molar-refractivity contribution in [1.82, 2.24) is 19.5 Å². The minimum atomic E-state index is 0.609. The van der Waals surface area contributed by atoms with E-state index in [0.717, 1.165) is 72.6 Å². The van der Waals surface area contributed by atoms with Crippen LogP contribution in [0.15, 0.2) is 174 Å². The summed E-state index contributed by atoms with van der Waals surface area (Å²) in [4.78, 5) is 15.2. The van der Waals surface area contributed by atoms with Crippen LogP contribution in [0, 0.1) is 0 Å². The predicted molar refractivity (Wildman–Crippen MR) is 206 cm³/mol. The molecule has 10 aromatic rings. The van der Waals surface area contributed by atoms with E-state index in [1.165, 1.54) is 10.9 Å². The van der Waals surface area contributed by atoms with E-state index >= 15 is 0 Å². The molecule has 0 N–H and O–H groups in total. The summed E-state index contributed by atoms with van der Waals surface area (Å²) in [6.45, 7) is 0. The van der Waals surface area contributed by atoms with Gasteiger partial charge in [0.05, 0.1) is 33.2 Å². The van der Waals surface area contributed by atoms with Crippen LogP contribution in [0.25, 0.3) is 101 Å². The Balaban J connectivity index is 1.24. The molecule has 0 fully saturated rings. The molecule has 4 heterocycles. The number of benzene rings is 7. The molecule has 0 aliphatic carbocycles. The molecule has 6 nitrogen and oxygen atoms in total. The molecule has 0 radical (unpaired) electrons.